The van der Waals surface area contributed by atoms with E-state index in [0.717, 1.165) is 18.7 Å². The number of hydrogen-bond acceptors (Lipinski definition) is 2. The van der Waals surface area contributed by atoms with Gasteiger partial charge in [-0.15, -0.1) is 0 Å². The molecule has 0 radical (unpaired) electrons. The summed E-state index contributed by atoms with van der Waals surface area (Å²) in [5.74, 6) is 0.708. The fourth-order valence-corrected chi connectivity index (χ4v) is 2.08. The fraction of sp³-hybridized carbons (Fsp3) is 0.438. The molecule has 1 aliphatic rings. The molecule has 4 nitrogen and oxygen atoms in total. The first-order valence-electron chi connectivity index (χ1n) is 7.03. The van der Waals surface area contributed by atoms with E-state index in [0.29, 0.717) is 12.3 Å². The Labute approximate surface area is 120 Å². The molecule has 0 aromatic heterocycles. The van der Waals surface area contributed by atoms with Crippen molar-refractivity contribution < 1.29 is 9.53 Å². The number of nitrogens with one attached hydrogen (secondary N) is 1. The van der Waals surface area contributed by atoms with E-state index >= 15 is 0 Å². The number of amides is 2. The van der Waals surface area contributed by atoms with E-state index in [9.17, 15) is 4.79 Å². The molecule has 108 valence electrons. The molecule has 0 saturated heterocycles. The van der Waals surface area contributed by atoms with Gasteiger partial charge in [0.15, 0.2) is 0 Å². The standard InChI is InChI=1S/C16H22N2O2/c1-12(2)20-15-7-5-4-6-14(15)17-16(19)18-10-8-13(3)9-11-18/h4-8,12H,9-11H2,1-3H3,(H,17,19). The fourth-order valence-electron chi connectivity index (χ4n) is 2.08. The summed E-state index contributed by atoms with van der Waals surface area (Å²) in [6.45, 7) is 7.47. The second-order valence-electron chi connectivity index (χ2n) is 5.34. The van der Waals surface area contributed by atoms with E-state index in [2.05, 4.69) is 18.3 Å². The molecular weight excluding hydrogens is 252 g/mol. The molecule has 1 aliphatic heterocycles. The second-order valence-corrected chi connectivity index (χ2v) is 5.34. The quantitative estimate of drug-likeness (QED) is 0.855. The van der Waals surface area contributed by atoms with Crippen LogP contribution in [-0.2, 0) is 0 Å². The van der Waals surface area contributed by atoms with Crippen molar-refractivity contribution in [1.82, 2.24) is 4.90 Å². The number of nitrogens with zero attached hydrogens (tertiary/aromatic N) is 1. The highest BCUT2D eigenvalue weighted by molar-refractivity contribution is 5.91. The van der Waals surface area contributed by atoms with Crippen LogP contribution in [0.25, 0.3) is 0 Å². The molecule has 1 aromatic rings. The highest BCUT2D eigenvalue weighted by Gasteiger charge is 2.17. The average molecular weight is 274 g/mol. The zero-order valence-corrected chi connectivity index (χ0v) is 12.3. The van der Waals surface area contributed by atoms with Crippen LogP contribution < -0.4 is 10.1 Å². The van der Waals surface area contributed by atoms with Crippen molar-refractivity contribution in [2.75, 3.05) is 18.4 Å². The predicted octanol–water partition coefficient (Wildman–Crippen LogP) is 3.66. The normalized spacial score (nSPS) is 15.0. The number of urea groups is 1. The van der Waals surface area contributed by atoms with Crippen LogP contribution in [-0.4, -0.2) is 30.1 Å². The predicted molar refractivity (Wildman–Crippen MR) is 81.2 cm³/mol. The smallest absolute Gasteiger partial charge is 0.322 e. The van der Waals surface area contributed by atoms with Gasteiger partial charge in [-0.25, -0.2) is 4.79 Å². The Kier molecular flexibility index (Phi) is 4.66. The maximum Gasteiger partial charge on any atom is 0.322 e. The van der Waals surface area contributed by atoms with Crippen LogP contribution in [0.2, 0.25) is 0 Å². The van der Waals surface area contributed by atoms with Crippen molar-refractivity contribution in [2.24, 2.45) is 0 Å². The molecule has 4 heteroatoms. The lowest BCUT2D eigenvalue weighted by atomic mass is 10.1. The van der Waals surface area contributed by atoms with Gasteiger partial charge >= 0.3 is 6.03 Å². The molecule has 0 bridgehead atoms. The van der Waals surface area contributed by atoms with Gasteiger partial charge in [0.2, 0.25) is 0 Å². The SMILES string of the molecule is CC1=CCN(C(=O)Nc2ccccc2OC(C)C)CC1. The minimum absolute atomic E-state index is 0.0754. The van der Waals surface area contributed by atoms with Crippen molar-refractivity contribution in [3.8, 4) is 5.75 Å². The van der Waals surface area contributed by atoms with Crippen LogP contribution >= 0.6 is 0 Å². The van der Waals surface area contributed by atoms with Crippen molar-refractivity contribution in [1.29, 1.82) is 0 Å². The first-order valence-corrected chi connectivity index (χ1v) is 7.03. The Hall–Kier alpha value is -1.97. The number of ether oxygens (including phenoxy) is 1. The van der Waals surface area contributed by atoms with Crippen molar-refractivity contribution in [2.45, 2.75) is 33.3 Å². The molecule has 0 spiro atoms. The maximum atomic E-state index is 12.2. The van der Waals surface area contributed by atoms with E-state index in [-0.39, 0.29) is 12.1 Å². The topological polar surface area (TPSA) is 41.6 Å². The van der Waals surface area contributed by atoms with Crippen molar-refractivity contribution >= 4 is 11.7 Å². The monoisotopic (exact) mass is 274 g/mol. The van der Waals surface area contributed by atoms with Gasteiger partial charge in [0.05, 0.1) is 11.8 Å². The molecular formula is C16H22N2O2. The van der Waals surface area contributed by atoms with Gasteiger partial charge in [-0.2, -0.15) is 0 Å². The number of benzene rings is 1. The molecule has 0 saturated carbocycles. The minimum atomic E-state index is -0.0754. The first kappa shape index (κ1) is 14.4. The maximum absolute atomic E-state index is 12.2. The largest absolute Gasteiger partial charge is 0.489 e. The lowest BCUT2D eigenvalue weighted by Gasteiger charge is -2.26. The Morgan fingerprint density at radius 3 is 2.75 bits per heavy atom. The van der Waals surface area contributed by atoms with Gasteiger partial charge in [0, 0.05) is 13.1 Å². The summed E-state index contributed by atoms with van der Waals surface area (Å²) >= 11 is 0. The van der Waals surface area contributed by atoms with Crippen LogP contribution in [0.1, 0.15) is 27.2 Å². The Bertz CT molecular complexity index is 509. The molecule has 2 rings (SSSR count). The van der Waals surface area contributed by atoms with Crippen LogP contribution in [0.5, 0.6) is 5.75 Å². The highest BCUT2D eigenvalue weighted by Crippen LogP contribution is 2.25. The van der Waals surface area contributed by atoms with Crippen molar-refractivity contribution in [3.05, 3.63) is 35.9 Å². The van der Waals surface area contributed by atoms with Crippen LogP contribution in [0.3, 0.4) is 0 Å². The van der Waals surface area contributed by atoms with E-state index in [1.165, 1.54) is 5.57 Å². The number of hydrogen-bond donors (Lipinski definition) is 1. The highest BCUT2D eigenvalue weighted by atomic mass is 16.5. The number of para-hydroxylation sites is 2. The number of carbonyl (C=O) groups is 1. The van der Waals surface area contributed by atoms with Gasteiger partial charge in [0.25, 0.3) is 0 Å². The van der Waals surface area contributed by atoms with Gasteiger partial charge in [0.1, 0.15) is 5.75 Å². The summed E-state index contributed by atoms with van der Waals surface area (Å²) < 4.78 is 5.71. The Morgan fingerprint density at radius 1 is 1.35 bits per heavy atom. The van der Waals surface area contributed by atoms with Gasteiger partial charge in [-0.05, 0) is 39.3 Å². The molecule has 0 unspecified atom stereocenters. The van der Waals surface area contributed by atoms with Crippen LogP contribution in [0, 0.1) is 0 Å². The van der Waals surface area contributed by atoms with Crippen molar-refractivity contribution in [3.63, 3.8) is 0 Å². The van der Waals surface area contributed by atoms with E-state index in [1.807, 2.05) is 38.1 Å². The molecule has 0 aliphatic carbocycles. The third kappa shape index (κ3) is 3.76. The second kappa shape index (κ2) is 6.46. The molecule has 0 atom stereocenters. The zero-order chi connectivity index (χ0) is 14.5. The summed E-state index contributed by atoms with van der Waals surface area (Å²) in [4.78, 5) is 14.0. The number of carbonyl (C=O) groups excluding carboxylic acids is 1. The Morgan fingerprint density at radius 2 is 2.10 bits per heavy atom. The summed E-state index contributed by atoms with van der Waals surface area (Å²) in [5, 5.41) is 2.93. The van der Waals surface area contributed by atoms with Crippen LogP contribution in [0.4, 0.5) is 10.5 Å². The van der Waals surface area contributed by atoms with Gasteiger partial charge in [-0.1, -0.05) is 23.8 Å². The third-order valence-corrected chi connectivity index (χ3v) is 3.21. The third-order valence-electron chi connectivity index (χ3n) is 3.21. The molecule has 0 fully saturated rings. The molecule has 2 amide bonds. The van der Waals surface area contributed by atoms with E-state index < -0.39 is 0 Å². The van der Waals surface area contributed by atoms with E-state index in [1.54, 1.807) is 4.90 Å². The average Bonchev–Trinajstić information content (AvgIpc) is 2.41. The summed E-state index contributed by atoms with van der Waals surface area (Å²) in [6, 6.07) is 7.45. The number of rotatable bonds is 3. The first-order chi connectivity index (χ1) is 9.56. The minimum Gasteiger partial charge on any atom is -0.489 e. The van der Waals surface area contributed by atoms with E-state index in [4.69, 9.17) is 4.74 Å². The van der Waals surface area contributed by atoms with Gasteiger partial charge < -0.3 is 15.0 Å². The summed E-state index contributed by atoms with van der Waals surface area (Å²) in [5.41, 5.74) is 2.06. The summed E-state index contributed by atoms with van der Waals surface area (Å²) in [7, 11) is 0. The summed E-state index contributed by atoms with van der Waals surface area (Å²) in [6.07, 6.45) is 3.12. The Balaban J connectivity index is 2.04. The van der Waals surface area contributed by atoms with Crippen LogP contribution in [0.15, 0.2) is 35.9 Å². The lowest BCUT2D eigenvalue weighted by molar-refractivity contribution is 0.215. The molecule has 1 heterocycles. The number of anilines is 1. The zero-order valence-electron chi connectivity index (χ0n) is 12.3. The lowest BCUT2D eigenvalue weighted by Crippen LogP contribution is -2.38. The molecule has 1 aromatic carbocycles. The molecule has 20 heavy (non-hydrogen) atoms. The van der Waals surface area contributed by atoms with Gasteiger partial charge in [-0.3, -0.25) is 0 Å². The molecule has 1 N–H and O–H groups in total.